The summed E-state index contributed by atoms with van der Waals surface area (Å²) in [6, 6.07) is 0. The first-order valence-electron chi connectivity index (χ1n) is 1.44. The van der Waals surface area contributed by atoms with Gasteiger partial charge in [-0.3, -0.25) is 0 Å². The minimum Gasteiger partial charge on any atom is -0.529 e. The summed E-state index contributed by atoms with van der Waals surface area (Å²) in [6.45, 7) is 0. The van der Waals surface area contributed by atoms with Gasteiger partial charge in [0.05, 0.1) is 0 Å². The quantitative estimate of drug-likeness (QED) is 0.275. The van der Waals surface area contributed by atoms with Crippen LogP contribution in [-0.4, -0.2) is 12.3 Å². The fraction of sp³-hybridized carbons (Fsp3) is 0.500. The first-order chi connectivity index (χ1) is 3.27. The van der Waals surface area contributed by atoms with E-state index in [2.05, 4.69) is 0 Å². The Balaban J connectivity index is 0. The van der Waals surface area contributed by atoms with E-state index < -0.39 is 6.09 Å². The van der Waals surface area contributed by atoms with Crippen LogP contribution in [0, 0.1) is 0 Å². The molecule has 0 atom stereocenters. The molecular weight excluding hydrogens is 173 g/mol. The Hall–Kier alpha value is 1.61. The molecule has 0 saturated heterocycles. The molecule has 0 aromatic rings. The number of hydrogen-bond donors (Lipinski definition) is 1. The number of hydrogen-bond acceptors (Lipinski definition) is 4. The van der Waals surface area contributed by atoms with Crippen molar-refractivity contribution in [2.24, 2.45) is 0 Å². The van der Waals surface area contributed by atoms with Gasteiger partial charge in [-0.1, -0.05) is 10.8 Å². The van der Waals surface area contributed by atoms with Crippen LogP contribution < -0.4 is 61.2 Å². The molecular formula is C2H4KNO2S2. The van der Waals surface area contributed by atoms with Crippen molar-refractivity contribution in [2.45, 2.75) is 0 Å². The molecule has 42 valence electrons. The zero-order chi connectivity index (χ0) is 5.70. The summed E-state index contributed by atoms with van der Waals surface area (Å²) in [7, 11) is 2.34. The molecule has 0 aliphatic rings. The SMILES string of the molecule is CSSNC(=O)[O-].[K+]. The number of carboxylic acid groups (broad SMARTS) is 1. The molecule has 0 heterocycles. The Morgan fingerprint density at radius 1 is 1.75 bits per heavy atom. The van der Waals surface area contributed by atoms with E-state index in [0.717, 1.165) is 11.0 Å². The molecule has 0 aromatic heterocycles. The van der Waals surface area contributed by atoms with Crippen molar-refractivity contribution in [3.63, 3.8) is 0 Å². The van der Waals surface area contributed by atoms with Gasteiger partial charge in [-0.05, 0) is 6.26 Å². The molecule has 0 fully saturated rings. The predicted octanol–water partition coefficient (Wildman–Crippen LogP) is -3.15. The molecule has 1 N–H and O–H groups in total. The third kappa shape index (κ3) is 10.6. The van der Waals surface area contributed by atoms with Crippen LogP contribution in [0.15, 0.2) is 0 Å². The Bertz CT molecular complexity index is 71.1. The van der Waals surface area contributed by atoms with Gasteiger partial charge < -0.3 is 14.6 Å². The van der Waals surface area contributed by atoms with E-state index in [1.54, 1.807) is 6.26 Å². The standard InChI is InChI=1S/C2H5NO2S2.K/c1-6-7-3-2(4)5;/h3H,1H3,(H,4,5);/q;+1/p-1. The van der Waals surface area contributed by atoms with Crippen molar-refractivity contribution in [3.8, 4) is 0 Å². The van der Waals surface area contributed by atoms with Crippen molar-refractivity contribution in [1.29, 1.82) is 0 Å². The zero-order valence-corrected chi connectivity index (χ0v) is 9.39. The third-order valence-corrected chi connectivity index (χ3v) is 1.37. The molecule has 0 unspecified atom stereocenters. The molecule has 6 heteroatoms. The largest absolute Gasteiger partial charge is 1.00 e. The number of nitrogens with one attached hydrogen (secondary N) is 1. The fourth-order valence-electron chi connectivity index (χ4n) is 0.0757. The number of rotatable bonds is 2. The van der Waals surface area contributed by atoms with Gasteiger partial charge in [0.1, 0.15) is 6.09 Å². The van der Waals surface area contributed by atoms with E-state index in [-0.39, 0.29) is 51.4 Å². The fourth-order valence-corrected chi connectivity index (χ4v) is 0.681. The van der Waals surface area contributed by atoms with Crippen molar-refractivity contribution in [1.82, 2.24) is 4.72 Å². The molecule has 0 radical (unpaired) electrons. The third-order valence-electron chi connectivity index (χ3n) is 0.208. The summed E-state index contributed by atoms with van der Waals surface area (Å²) in [5.74, 6) is 0. The number of amides is 1. The maximum Gasteiger partial charge on any atom is 1.00 e. The van der Waals surface area contributed by atoms with Crippen LogP contribution in [0.5, 0.6) is 0 Å². The first kappa shape index (κ1) is 12.3. The average molecular weight is 177 g/mol. The second-order valence-corrected chi connectivity index (χ2v) is 2.84. The molecule has 0 aliphatic carbocycles. The van der Waals surface area contributed by atoms with Gasteiger partial charge in [0, 0.05) is 11.0 Å². The van der Waals surface area contributed by atoms with E-state index >= 15 is 0 Å². The second kappa shape index (κ2) is 8.61. The van der Waals surface area contributed by atoms with E-state index in [1.165, 1.54) is 10.8 Å². The van der Waals surface area contributed by atoms with Crippen molar-refractivity contribution < 1.29 is 61.3 Å². The van der Waals surface area contributed by atoms with Gasteiger partial charge in [-0.25, -0.2) is 0 Å². The molecule has 8 heavy (non-hydrogen) atoms. The summed E-state index contributed by atoms with van der Waals surface area (Å²) in [5, 5.41) is 9.50. The molecule has 0 aromatic carbocycles. The van der Waals surface area contributed by atoms with Gasteiger partial charge >= 0.3 is 51.4 Å². The summed E-state index contributed by atoms with van der Waals surface area (Å²) in [6.07, 6.45) is 0.514. The number of carbonyl (C=O) groups is 1. The van der Waals surface area contributed by atoms with E-state index in [4.69, 9.17) is 0 Å². The smallest absolute Gasteiger partial charge is 0.529 e. The topological polar surface area (TPSA) is 52.2 Å². The molecule has 0 aliphatic heterocycles. The van der Waals surface area contributed by atoms with Crippen molar-refractivity contribution in [3.05, 3.63) is 0 Å². The van der Waals surface area contributed by atoms with Crippen molar-refractivity contribution in [2.75, 3.05) is 6.26 Å². The van der Waals surface area contributed by atoms with Crippen LogP contribution in [0.3, 0.4) is 0 Å². The number of carbonyl (C=O) groups excluding carboxylic acids is 1. The molecule has 0 rings (SSSR count). The monoisotopic (exact) mass is 177 g/mol. The minimum atomic E-state index is -1.25. The van der Waals surface area contributed by atoms with Gasteiger partial charge in [0.2, 0.25) is 0 Å². The molecule has 3 nitrogen and oxygen atoms in total. The Labute approximate surface area is 98.3 Å². The summed E-state index contributed by atoms with van der Waals surface area (Å²) >= 11 is 0. The minimum absolute atomic E-state index is 0. The predicted molar refractivity (Wildman–Crippen MR) is 29.6 cm³/mol. The van der Waals surface area contributed by atoms with E-state index in [0.29, 0.717) is 0 Å². The summed E-state index contributed by atoms with van der Waals surface area (Å²) in [5.41, 5.74) is 0. The summed E-state index contributed by atoms with van der Waals surface area (Å²) < 4.78 is 1.98. The second-order valence-electron chi connectivity index (χ2n) is 0.640. The van der Waals surface area contributed by atoms with Crippen LogP contribution in [0.2, 0.25) is 0 Å². The molecule has 0 spiro atoms. The van der Waals surface area contributed by atoms with Gasteiger partial charge in [0.15, 0.2) is 0 Å². The van der Waals surface area contributed by atoms with Crippen LogP contribution >= 0.6 is 21.8 Å². The Morgan fingerprint density at radius 3 is 2.38 bits per heavy atom. The average Bonchev–Trinajstić information content (AvgIpc) is 1.61. The van der Waals surface area contributed by atoms with Crippen LogP contribution in [0.1, 0.15) is 0 Å². The van der Waals surface area contributed by atoms with Gasteiger partial charge in [-0.15, -0.1) is 0 Å². The van der Waals surface area contributed by atoms with Crippen LogP contribution in [0.25, 0.3) is 0 Å². The maximum absolute atomic E-state index is 9.50. The molecule has 1 amide bonds. The summed E-state index contributed by atoms with van der Waals surface area (Å²) in [4.78, 5) is 9.50. The Kier molecular flexibility index (Phi) is 13.2. The van der Waals surface area contributed by atoms with Gasteiger partial charge in [0.25, 0.3) is 0 Å². The normalized spacial score (nSPS) is 7.12. The van der Waals surface area contributed by atoms with Gasteiger partial charge in [-0.2, -0.15) is 0 Å². The first-order valence-corrected chi connectivity index (χ1v) is 4.00. The van der Waals surface area contributed by atoms with Crippen LogP contribution in [-0.2, 0) is 0 Å². The van der Waals surface area contributed by atoms with Crippen molar-refractivity contribution >= 4 is 27.9 Å². The zero-order valence-electron chi connectivity index (χ0n) is 4.63. The molecule has 0 saturated carbocycles. The van der Waals surface area contributed by atoms with E-state index in [1.807, 2.05) is 4.72 Å². The molecule has 0 bridgehead atoms. The van der Waals surface area contributed by atoms with E-state index in [9.17, 15) is 9.90 Å². The van der Waals surface area contributed by atoms with Crippen LogP contribution in [0.4, 0.5) is 4.79 Å². The maximum atomic E-state index is 9.50. The Morgan fingerprint density at radius 2 is 2.25 bits per heavy atom.